The lowest BCUT2D eigenvalue weighted by Crippen LogP contribution is -2.24. The van der Waals surface area contributed by atoms with Gasteiger partial charge in [-0.1, -0.05) is 32.4 Å². The van der Waals surface area contributed by atoms with Crippen molar-refractivity contribution in [3.63, 3.8) is 0 Å². The van der Waals surface area contributed by atoms with Gasteiger partial charge in [0, 0.05) is 11.4 Å². The van der Waals surface area contributed by atoms with Crippen molar-refractivity contribution in [2.24, 2.45) is 5.92 Å². The maximum atomic E-state index is 5.96. The zero-order chi connectivity index (χ0) is 13.1. The predicted octanol–water partition coefficient (Wildman–Crippen LogP) is 4.13. The summed E-state index contributed by atoms with van der Waals surface area (Å²) in [6, 6.07) is 8.25. The fraction of sp³-hybridized carbons (Fsp3) is 0.429. The van der Waals surface area contributed by atoms with E-state index in [1.807, 2.05) is 24.3 Å². The minimum Gasteiger partial charge on any atom is -0.367 e. The number of aromatic nitrogens is 2. The fourth-order valence-electron chi connectivity index (χ4n) is 1.87. The number of nitrogens with zero attached hydrogens (tertiary/aromatic N) is 2. The van der Waals surface area contributed by atoms with Gasteiger partial charge >= 0.3 is 0 Å². The van der Waals surface area contributed by atoms with Crippen molar-refractivity contribution in [2.45, 2.75) is 33.2 Å². The van der Waals surface area contributed by atoms with E-state index in [9.17, 15) is 0 Å². The van der Waals surface area contributed by atoms with E-state index in [0.717, 1.165) is 23.1 Å². The predicted molar refractivity (Wildman–Crippen MR) is 77.1 cm³/mol. The van der Waals surface area contributed by atoms with Crippen LogP contribution < -0.4 is 5.32 Å². The highest BCUT2D eigenvalue weighted by Crippen LogP contribution is 2.23. The summed E-state index contributed by atoms with van der Waals surface area (Å²) >= 11 is 5.96. The van der Waals surface area contributed by atoms with Gasteiger partial charge in [0.1, 0.15) is 5.82 Å². The van der Waals surface area contributed by atoms with Crippen LogP contribution in [0.4, 0.5) is 5.82 Å². The van der Waals surface area contributed by atoms with E-state index >= 15 is 0 Å². The Labute approximate surface area is 113 Å². The molecule has 2 rings (SSSR count). The van der Waals surface area contributed by atoms with Crippen molar-refractivity contribution < 1.29 is 0 Å². The first-order valence-corrected chi connectivity index (χ1v) is 6.68. The van der Waals surface area contributed by atoms with Crippen LogP contribution in [0.2, 0.25) is 5.28 Å². The van der Waals surface area contributed by atoms with Crippen LogP contribution in [0, 0.1) is 5.92 Å². The molecule has 0 aliphatic carbocycles. The smallest absolute Gasteiger partial charge is 0.224 e. The average molecular weight is 264 g/mol. The summed E-state index contributed by atoms with van der Waals surface area (Å²) < 4.78 is 0. The summed E-state index contributed by atoms with van der Waals surface area (Å²) in [5, 5.41) is 4.74. The van der Waals surface area contributed by atoms with Gasteiger partial charge in [0.05, 0.1) is 5.52 Å². The molecular weight excluding hydrogens is 246 g/mol. The van der Waals surface area contributed by atoms with Crippen molar-refractivity contribution in [1.82, 2.24) is 9.97 Å². The Morgan fingerprint density at radius 2 is 1.94 bits per heavy atom. The van der Waals surface area contributed by atoms with E-state index in [1.165, 1.54) is 0 Å². The molecule has 18 heavy (non-hydrogen) atoms. The van der Waals surface area contributed by atoms with Crippen LogP contribution in [0.5, 0.6) is 0 Å². The van der Waals surface area contributed by atoms with Crippen LogP contribution in [0.3, 0.4) is 0 Å². The lowest BCUT2D eigenvalue weighted by molar-refractivity contribution is 0.494. The molecule has 2 aromatic rings. The third kappa shape index (κ3) is 2.72. The molecule has 0 aliphatic heterocycles. The van der Waals surface area contributed by atoms with Crippen molar-refractivity contribution in [1.29, 1.82) is 0 Å². The standard InChI is InChI=1S/C14H18ClN3/c1-4-9(2)10(3)16-13-11-7-5-6-8-12(11)17-14(15)18-13/h5-10H,4H2,1-3H3,(H,16,17,18). The molecule has 0 bridgehead atoms. The second-order valence-electron chi connectivity index (χ2n) is 4.68. The zero-order valence-electron chi connectivity index (χ0n) is 10.9. The molecule has 0 amide bonds. The molecular formula is C14H18ClN3. The number of para-hydroxylation sites is 1. The lowest BCUT2D eigenvalue weighted by atomic mass is 10.0. The van der Waals surface area contributed by atoms with Gasteiger partial charge in [-0.25, -0.2) is 9.97 Å². The van der Waals surface area contributed by atoms with E-state index in [0.29, 0.717) is 12.0 Å². The van der Waals surface area contributed by atoms with Gasteiger partial charge in [0.15, 0.2) is 0 Å². The number of rotatable bonds is 4. The van der Waals surface area contributed by atoms with Gasteiger partial charge in [0.2, 0.25) is 5.28 Å². The molecule has 1 heterocycles. The summed E-state index contributed by atoms with van der Waals surface area (Å²) in [5.74, 6) is 1.40. The van der Waals surface area contributed by atoms with Gasteiger partial charge in [-0.15, -0.1) is 0 Å². The van der Waals surface area contributed by atoms with Crippen molar-refractivity contribution >= 4 is 28.3 Å². The quantitative estimate of drug-likeness (QED) is 0.843. The summed E-state index contributed by atoms with van der Waals surface area (Å²) in [4.78, 5) is 8.52. The second-order valence-corrected chi connectivity index (χ2v) is 5.02. The molecule has 2 atom stereocenters. The van der Waals surface area contributed by atoms with Crippen molar-refractivity contribution in [2.75, 3.05) is 5.32 Å². The Balaban J connectivity index is 2.38. The fourth-order valence-corrected chi connectivity index (χ4v) is 2.05. The third-order valence-electron chi connectivity index (χ3n) is 3.44. The molecule has 0 aliphatic rings. The summed E-state index contributed by atoms with van der Waals surface area (Å²) in [5.41, 5.74) is 0.872. The SMILES string of the molecule is CCC(C)C(C)Nc1nc(Cl)nc2ccccc12. The van der Waals surface area contributed by atoms with Crippen LogP contribution in [0.25, 0.3) is 10.9 Å². The summed E-state index contributed by atoms with van der Waals surface area (Å²) in [6.07, 6.45) is 1.13. The average Bonchev–Trinajstić information content (AvgIpc) is 2.37. The van der Waals surface area contributed by atoms with Gasteiger partial charge in [-0.2, -0.15) is 0 Å². The third-order valence-corrected chi connectivity index (χ3v) is 3.61. The number of halogens is 1. The molecule has 1 aromatic carbocycles. The Bertz CT molecular complexity index is 542. The monoisotopic (exact) mass is 263 g/mol. The lowest BCUT2D eigenvalue weighted by Gasteiger charge is -2.21. The molecule has 0 saturated heterocycles. The molecule has 0 fully saturated rings. The number of anilines is 1. The van der Waals surface area contributed by atoms with Crippen molar-refractivity contribution in [3.8, 4) is 0 Å². The minimum absolute atomic E-state index is 0.285. The topological polar surface area (TPSA) is 37.8 Å². The first-order chi connectivity index (χ1) is 8.61. The molecule has 1 N–H and O–H groups in total. The molecule has 4 heteroatoms. The summed E-state index contributed by atoms with van der Waals surface area (Å²) in [6.45, 7) is 6.58. The van der Waals surface area contributed by atoms with Gasteiger partial charge in [-0.05, 0) is 36.6 Å². The molecule has 1 aromatic heterocycles. The van der Waals surface area contributed by atoms with Crippen LogP contribution in [0.1, 0.15) is 27.2 Å². The minimum atomic E-state index is 0.285. The number of nitrogens with one attached hydrogen (secondary N) is 1. The highest BCUT2D eigenvalue weighted by Gasteiger charge is 2.13. The van der Waals surface area contributed by atoms with E-state index in [1.54, 1.807) is 0 Å². The maximum Gasteiger partial charge on any atom is 0.224 e. The Hall–Kier alpha value is -1.35. The first kappa shape index (κ1) is 13.1. The Morgan fingerprint density at radius 1 is 1.22 bits per heavy atom. The van der Waals surface area contributed by atoms with Crippen LogP contribution in [-0.2, 0) is 0 Å². The van der Waals surface area contributed by atoms with Gasteiger partial charge < -0.3 is 5.32 Å². The highest BCUT2D eigenvalue weighted by atomic mass is 35.5. The summed E-state index contributed by atoms with van der Waals surface area (Å²) in [7, 11) is 0. The molecule has 2 unspecified atom stereocenters. The molecule has 0 radical (unpaired) electrons. The van der Waals surface area contributed by atoms with Crippen LogP contribution in [0.15, 0.2) is 24.3 Å². The molecule has 0 spiro atoms. The largest absolute Gasteiger partial charge is 0.367 e. The Morgan fingerprint density at radius 3 is 2.67 bits per heavy atom. The van der Waals surface area contributed by atoms with Crippen LogP contribution >= 0.6 is 11.6 Å². The number of hydrogen-bond donors (Lipinski definition) is 1. The number of fused-ring (bicyclic) bond motifs is 1. The van der Waals surface area contributed by atoms with Gasteiger partial charge in [0.25, 0.3) is 0 Å². The van der Waals surface area contributed by atoms with Gasteiger partial charge in [-0.3, -0.25) is 0 Å². The van der Waals surface area contributed by atoms with E-state index in [-0.39, 0.29) is 5.28 Å². The first-order valence-electron chi connectivity index (χ1n) is 6.30. The Kier molecular flexibility index (Phi) is 4.02. The normalized spacial score (nSPS) is 14.4. The zero-order valence-corrected chi connectivity index (χ0v) is 11.7. The van der Waals surface area contributed by atoms with E-state index < -0.39 is 0 Å². The van der Waals surface area contributed by atoms with E-state index in [2.05, 4.69) is 36.1 Å². The van der Waals surface area contributed by atoms with Crippen molar-refractivity contribution in [3.05, 3.63) is 29.5 Å². The van der Waals surface area contributed by atoms with Crippen LogP contribution in [-0.4, -0.2) is 16.0 Å². The number of hydrogen-bond acceptors (Lipinski definition) is 3. The highest BCUT2D eigenvalue weighted by molar-refractivity contribution is 6.28. The molecule has 0 saturated carbocycles. The maximum absolute atomic E-state index is 5.96. The molecule has 3 nitrogen and oxygen atoms in total. The second kappa shape index (κ2) is 5.53. The van der Waals surface area contributed by atoms with E-state index in [4.69, 9.17) is 11.6 Å². The molecule has 96 valence electrons. The number of benzene rings is 1.